The van der Waals surface area contributed by atoms with Gasteiger partial charge in [-0.3, -0.25) is 4.90 Å². The van der Waals surface area contributed by atoms with Crippen LogP contribution in [0.2, 0.25) is 0 Å². The summed E-state index contributed by atoms with van der Waals surface area (Å²) in [6.07, 6.45) is -9.91. The van der Waals surface area contributed by atoms with E-state index < -0.39 is 24.3 Å². The number of thiazole rings is 1. The monoisotopic (exact) mass is 564 g/mol. The third-order valence-corrected chi connectivity index (χ3v) is 6.67. The van der Waals surface area contributed by atoms with Gasteiger partial charge in [0.2, 0.25) is 0 Å². The molecule has 2 aliphatic rings. The fourth-order valence-electron chi connectivity index (χ4n) is 3.42. The maximum Gasteiger partial charge on any atom is 0.490 e. The summed E-state index contributed by atoms with van der Waals surface area (Å²) < 4.78 is 75.4. The zero-order chi connectivity index (χ0) is 27.1. The lowest BCUT2D eigenvalue weighted by Crippen LogP contribution is -2.31. The van der Waals surface area contributed by atoms with Crippen LogP contribution in [0, 0.1) is 12.8 Å². The Morgan fingerprint density at radius 3 is 2.22 bits per heavy atom. The van der Waals surface area contributed by atoms with Gasteiger partial charge in [0.1, 0.15) is 0 Å². The molecule has 8 nitrogen and oxygen atoms in total. The fourth-order valence-corrected chi connectivity index (χ4v) is 4.75. The van der Waals surface area contributed by atoms with E-state index in [1.807, 2.05) is 18.3 Å². The summed E-state index contributed by atoms with van der Waals surface area (Å²) in [7, 11) is 0. The zero-order valence-electron chi connectivity index (χ0n) is 18.6. The molecular weight excluding hydrogens is 542 g/mol. The highest BCUT2D eigenvalue weighted by Gasteiger charge is 2.46. The molecule has 0 spiro atoms. The van der Waals surface area contributed by atoms with Crippen molar-refractivity contribution in [3.8, 4) is 0 Å². The van der Waals surface area contributed by atoms with Gasteiger partial charge < -0.3 is 19.7 Å². The number of hydrogen-bond donors (Lipinski definition) is 2. The van der Waals surface area contributed by atoms with Gasteiger partial charge in [-0.25, -0.2) is 14.6 Å². The Hall–Kier alpha value is -2.27. The number of fused-ring (bicyclic) bond motifs is 1. The van der Waals surface area contributed by atoms with Gasteiger partial charge in [0.25, 0.3) is 0 Å². The van der Waals surface area contributed by atoms with Crippen LogP contribution in [-0.2, 0) is 32.2 Å². The van der Waals surface area contributed by atoms with Crippen molar-refractivity contribution in [3.63, 3.8) is 0 Å². The van der Waals surface area contributed by atoms with Crippen LogP contribution in [0.25, 0.3) is 0 Å². The number of alkyl halides is 6. The molecule has 0 saturated carbocycles. The molecule has 0 aromatic carbocycles. The SMILES string of the molecule is Cc1nc(CO[C@H]2CN(Cc3cccs3)[C@@H]3COC[C@H]23)cs1.O=C(O)C(F)(F)F.O=C(O)C(F)(F)F. The molecule has 36 heavy (non-hydrogen) atoms. The lowest BCUT2D eigenvalue weighted by molar-refractivity contribution is -0.193. The molecule has 2 N–H and O–H groups in total. The van der Waals surface area contributed by atoms with Crippen LogP contribution >= 0.6 is 22.7 Å². The number of likely N-dealkylation sites (tertiary alicyclic amines) is 1. The minimum Gasteiger partial charge on any atom is -0.475 e. The Labute approximate surface area is 209 Å². The summed E-state index contributed by atoms with van der Waals surface area (Å²) in [6, 6.07) is 4.84. The van der Waals surface area contributed by atoms with Gasteiger partial charge in [-0.1, -0.05) is 6.07 Å². The molecule has 2 fully saturated rings. The first kappa shape index (κ1) is 30.0. The van der Waals surface area contributed by atoms with E-state index in [1.54, 1.807) is 11.3 Å². The largest absolute Gasteiger partial charge is 0.490 e. The van der Waals surface area contributed by atoms with E-state index in [-0.39, 0.29) is 6.10 Å². The predicted molar refractivity (Wildman–Crippen MR) is 116 cm³/mol. The number of rotatable bonds is 5. The summed E-state index contributed by atoms with van der Waals surface area (Å²) in [6.45, 7) is 6.33. The highest BCUT2D eigenvalue weighted by atomic mass is 32.1. The van der Waals surface area contributed by atoms with Crippen LogP contribution in [0.5, 0.6) is 0 Å². The van der Waals surface area contributed by atoms with Crippen molar-refractivity contribution in [1.29, 1.82) is 0 Å². The standard InChI is InChI=1S/C16H20N2O2S2.2C2HF3O2/c1-11-17-12(10-22-11)7-20-16-6-18(5-13-3-2-4-21-13)15-9-19-8-14(15)16;2*3-2(4,5)1(6)7/h2-4,10,14-16H,5-9H2,1H3;2*(H,6,7)/t14-,15+,16-;;/m0../s1. The number of hydrogen-bond acceptors (Lipinski definition) is 8. The summed E-state index contributed by atoms with van der Waals surface area (Å²) in [5.74, 6) is -5.01. The van der Waals surface area contributed by atoms with Crippen molar-refractivity contribution in [1.82, 2.24) is 9.88 Å². The second kappa shape index (κ2) is 12.8. The second-order valence-electron chi connectivity index (χ2n) is 7.59. The molecule has 0 aliphatic carbocycles. The first-order valence-electron chi connectivity index (χ1n) is 10.2. The van der Waals surface area contributed by atoms with Crippen molar-refractivity contribution < 1.29 is 55.6 Å². The molecule has 4 rings (SSSR count). The smallest absolute Gasteiger partial charge is 0.475 e. The molecule has 4 heterocycles. The minimum absolute atomic E-state index is 0.259. The third-order valence-electron chi connectivity index (χ3n) is 4.99. The summed E-state index contributed by atoms with van der Waals surface area (Å²) in [5.41, 5.74) is 1.05. The zero-order valence-corrected chi connectivity index (χ0v) is 20.2. The maximum absolute atomic E-state index is 10.6. The highest BCUT2D eigenvalue weighted by molar-refractivity contribution is 7.10. The Balaban J connectivity index is 0.000000271. The Bertz CT molecular complexity index is 958. The number of thiophene rings is 1. The van der Waals surface area contributed by atoms with E-state index in [2.05, 4.69) is 32.8 Å². The number of carbonyl (C=O) groups is 2. The topological polar surface area (TPSA) is 109 Å². The average Bonchev–Trinajstić information content (AvgIpc) is 3.54. The second-order valence-corrected chi connectivity index (χ2v) is 9.69. The normalized spacial score (nSPS) is 21.7. The van der Waals surface area contributed by atoms with Crippen LogP contribution in [0.1, 0.15) is 15.6 Å². The molecule has 0 amide bonds. The van der Waals surface area contributed by atoms with Crippen LogP contribution in [-0.4, -0.2) is 76.3 Å². The summed E-state index contributed by atoms with van der Waals surface area (Å²) in [5, 5.41) is 19.6. The molecular formula is C20H22F6N2O6S2. The van der Waals surface area contributed by atoms with Gasteiger partial charge in [0, 0.05) is 35.3 Å². The number of carboxylic acid groups (broad SMARTS) is 2. The Kier molecular flexibility index (Phi) is 10.7. The van der Waals surface area contributed by atoms with Gasteiger partial charge in [-0.15, -0.1) is 22.7 Å². The summed E-state index contributed by atoms with van der Waals surface area (Å²) >= 11 is 3.51. The van der Waals surface area contributed by atoms with Gasteiger partial charge in [-0.05, 0) is 18.4 Å². The molecule has 16 heteroatoms. The number of aryl methyl sites for hydroxylation is 1. The lowest BCUT2D eigenvalue weighted by atomic mass is 10.0. The first-order chi connectivity index (χ1) is 16.7. The number of aliphatic carboxylic acids is 2. The molecule has 0 bridgehead atoms. The van der Waals surface area contributed by atoms with Crippen molar-refractivity contribution >= 4 is 34.6 Å². The Morgan fingerprint density at radius 1 is 1.14 bits per heavy atom. The van der Waals surface area contributed by atoms with Crippen molar-refractivity contribution in [2.75, 3.05) is 19.8 Å². The van der Waals surface area contributed by atoms with Crippen LogP contribution in [0.15, 0.2) is 22.9 Å². The predicted octanol–water partition coefficient (Wildman–Crippen LogP) is 4.20. The molecule has 2 aromatic heterocycles. The van der Waals surface area contributed by atoms with Crippen molar-refractivity contribution in [2.24, 2.45) is 5.92 Å². The first-order valence-corrected chi connectivity index (χ1v) is 11.9. The van der Waals surface area contributed by atoms with Crippen molar-refractivity contribution in [3.05, 3.63) is 38.5 Å². The quantitative estimate of drug-likeness (QED) is 0.521. The van der Waals surface area contributed by atoms with Crippen LogP contribution < -0.4 is 0 Å². The summed E-state index contributed by atoms with van der Waals surface area (Å²) in [4.78, 5) is 26.2. The fraction of sp³-hybridized carbons (Fsp3) is 0.550. The van der Waals surface area contributed by atoms with E-state index in [9.17, 15) is 26.3 Å². The van der Waals surface area contributed by atoms with Crippen LogP contribution in [0.4, 0.5) is 26.3 Å². The van der Waals surface area contributed by atoms with Gasteiger partial charge in [0.05, 0.1) is 36.6 Å². The number of carboxylic acids is 2. The highest BCUT2D eigenvalue weighted by Crippen LogP contribution is 2.34. The Morgan fingerprint density at radius 2 is 1.75 bits per heavy atom. The van der Waals surface area contributed by atoms with E-state index >= 15 is 0 Å². The lowest BCUT2D eigenvalue weighted by Gasteiger charge is -2.21. The van der Waals surface area contributed by atoms with Crippen LogP contribution in [0.3, 0.4) is 0 Å². The third kappa shape index (κ3) is 9.31. The molecule has 2 aliphatic heterocycles. The number of nitrogens with zero attached hydrogens (tertiary/aromatic N) is 2. The van der Waals surface area contributed by atoms with E-state index in [1.165, 1.54) is 4.88 Å². The maximum atomic E-state index is 10.6. The number of halogens is 6. The average molecular weight is 565 g/mol. The molecule has 0 unspecified atom stereocenters. The van der Waals surface area contributed by atoms with Gasteiger partial charge in [0.15, 0.2) is 0 Å². The molecule has 2 saturated heterocycles. The van der Waals surface area contributed by atoms with Gasteiger partial charge >= 0.3 is 24.3 Å². The van der Waals surface area contributed by atoms with E-state index in [4.69, 9.17) is 29.3 Å². The van der Waals surface area contributed by atoms with E-state index in [0.717, 1.165) is 37.0 Å². The molecule has 2 aromatic rings. The molecule has 0 radical (unpaired) electrons. The molecule has 202 valence electrons. The molecule has 3 atom stereocenters. The number of aromatic nitrogens is 1. The number of ether oxygens (including phenoxy) is 2. The minimum atomic E-state index is -5.08. The van der Waals surface area contributed by atoms with Gasteiger partial charge in [-0.2, -0.15) is 26.3 Å². The van der Waals surface area contributed by atoms with E-state index in [0.29, 0.717) is 18.6 Å². The van der Waals surface area contributed by atoms with Crippen molar-refractivity contribution in [2.45, 2.75) is 44.6 Å².